The van der Waals surface area contributed by atoms with Gasteiger partial charge in [0.25, 0.3) is 5.91 Å². The fourth-order valence-corrected chi connectivity index (χ4v) is 5.91. The van der Waals surface area contributed by atoms with Gasteiger partial charge in [0.15, 0.2) is 0 Å². The van der Waals surface area contributed by atoms with Crippen molar-refractivity contribution in [3.63, 3.8) is 0 Å². The number of carbonyl (C=O) groups excluding carboxylic acids is 1. The minimum Gasteiger partial charge on any atom is -0.495 e. The summed E-state index contributed by atoms with van der Waals surface area (Å²) in [5.41, 5.74) is 2.98. The topological polar surface area (TPSA) is 75.7 Å². The molecule has 0 atom stereocenters. The van der Waals surface area contributed by atoms with Crippen LogP contribution in [0, 0.1) is 12.8 Å². The lowest BCUT2D eigenvalue weighted by Crippen LogP contribution is -2.38. The van der Waals surface area contributed by atoms with Gasteiger partial charge in [-0.2, -0.15) is 4.31 Å². The standard InChI is InChI=1S/C27H30N2O4S/c1-20-8-6-7-11-24(20)27(30)28-25-19-23(12-13-26(25)33-2)34(31,32)29-16-14-22(15-17-29)18-21-9-4-3-5-10-21/h3-13,19,22H,14-18H2,1-2H3,(H,28,30). The maximum absolute atomic E-state index is 13.4. The molecule has 1 N–H and O–H groups in total. The SMILES string of the molecule is COc1ccc(S(=O)(=O)N2CCC(Cc3ccccc3)CC2)cc1NC(=O)c1ccccc1C. The Balaban J connectivity index is 1.49. The third kappa shape index (κ3) is 5.32. The number of hydrogen-bond acceptors (Lipinski definition) is 4. The van der Waals surface area contributed by atoms with Crippen LogP contribution in [0.1, 0.15) is 34.3 Å². The molecule has 3 aromatic rings. The predicted molar refractivity (Wildman–Crippen MR) is 134 cm³/mol. The van der Waals surface area contributed by atoms with E-state index in [2.05, 4.69) is 17.4 Å². The van der Waals surface area contributed by atoms with Gasteiger partial charge in [-0.3, -0.25) is 4.79 Å². The normalized spacial score (nSPS) is 15.1. The summed E-state index contributed by atoms with van der Waals surface area (Å²) in [5, 5.41) is 2.82. The highest BCUT2D eigenvalue weighted by Crippen LogP contribution is 2.31. The summed E-state index contributed by atoms with van der Waals surface area (Å²) >= 11 is 0. The smallest absolute Gasteiger partial charge is 0.256 e. The molecule has 1 aliphatic heterocycles. The van der Waals surface area contributed by atoms with Crippen LogP contribution in [0.25, 0.3) is 0 Å². The number of carbonyl (C=O) groups is 1. The molecule has 34 heavy (non-hydrogen) atoms. The van der Waals surface area contributed by atoms with Gasteiger partial charge in [-0.05, 0) is 67.5 Å². The molecule has 0 bridgehead atoms. The van der Waals surface area contributed by atoms with Crippen molar-refractivity contribution in [1.82, 2.24) is 4.31 Å². The monoisotopic (exact) mass is 478 g/mol. The molecule has 0 saturated carbocycles. The first-order valence-corrected chi connectivity index (χ1v) is 12.9. The van der Waals surface area contributed by atoms with Gasteiger partial charge in [0.05, 0.1) is 17.7 Å². The van der Waals surface area contributed by atoms with E-state index in [1.807, 2.05) is 37.3 Å². The van der Waals surface area contributed by atoms with E-state index in [0.717, 1.165) is 24.8 Å². The third-order valence-electron chi connectivity index (χ3n) is 6.39. The van der Waals surface area contributed by atoms with E-state index in [0.29, 0.717) is 36.0 Å². The summed E-state index contributed by atoms with van der Waals surface area (Å²) in [6.45, 7) is 2.82. The molecule has 1 fully saturated rings. The first-order valence-electron chi connectivity index (χ1n) is 11.5. The molecule has 178 valence electrons. The number of rotatable bonds is 7. The van der Waals surface area contributed by atoms with Crippen molar-refractivity contribution in [2.24, 2.45) is 5.92 Å². The molecule has 3 aromatic carbocycles. The Morgan fingerprint density at radius 3 is 2.35 bits per heavy atom. The van der Waals surface area contributed by atoms with Crippen LogP contribution >= 0.6 is 0 Å². The number of methoxy groups -OCH3 is 1. The minimum absolute atomic E-state index is 0.148. The highest BCUT2D eigenvalue weighted by atomic mass is 32.2. The van der Waals surface area contributed by atoms with Gasteiger partial charge in [-0.25, -0.2) is 8.42 Å². The second kappa shape index (κ2) is 10.4. The first-order chi connectivity index (χ1) is 16.4. The molecule has 0 radical (unpaired) electrons. The van der Waals surface area contributed by atoms with Gasteiger partial charge < -0.3 is 10.1 Å². The van der Waals surface area contributed by atoms with Crippen molar-refractivity contribution in [2.45, 2.75) is 31.1 Å². The summed E-state index contributed by atoms with van der Waals surface area (Å²) in [6, 6.07) is 22.2. The predicted octanol–water partition coefficient (Wildman–Crippen LogP) is 4.90. The Morgan fingerprint density at radius 2 is 1.68 bits per heavy atom. The van der Waals surface area contributed by atoms with Crippen LogP contribution < -0.4 is 10.1 Å². The molecule has 1 saturated heterocycles. The summed E-state index contributed by atoms with van der Waals surface area (Å²) < 4.78 is 33.7. The van der Waals surface area contributed by atoms with E-state index in [4.69, 9.17) is 4.74 Å². The Kier molecular flexibility index (Phi) is 7.34. The van der Waals surface area contributed by atoms with E-state index in [-0.39, 0.29) is 10.8 Å². The average molecular weight is 479 g/mol. The number of piperidine rings is 1. The van der Waals surface area contributed by atoms with Crippen LogP contribution in [0.3, 0.4) is 0 Å². The van der Waals surface area contributed by atoms with E-state index in [1.54, 1.807) is 22.5 Å². The number of hydrogen-bond donors (Lipinski definition) is 1. The fraction of sp³-hybridized carbons (Fsp3) is 0.296. The highest BCUT2D eigenvalue weighted by molar-refractivity contribution is 7.89. The molecule has 0 aliphatic carbocycles. The van der Waals surface area contributed by atoms with E-state index < -0.39 is 10.0 Å². The zero-order valence-corrected chi connectivity index (χ0v) is 20.3. The van der Waals surface area contributed by atoms with Gasteiger partial charge >= 0.3 is 0 Å². The molecular formula is C27H30N2O4S. The molecule has 7 heteroatoms. The number of aryl methyl sites for hydroxylation is 1. The van der Waals surface area contributed by atoms with Crippen LogP contribution in [0.2, 0.25) is 0 Å². The fourth-order valence-electron chi connectivity index (χ4n) is 4.41. The second-order valence-corrected chi connectivity index (χ2v) is 10.6. The first kappa shape index (κ1) is 24.0. The van der Waals surface area contributed by atoms with Gasteiger partial charge in [-0.1, -0.05) is 48.5 Å². The molecule has 1 amide bonds. The molecule has 4 rings (SSSR count). The van der Waals surface area contributed by atoms with Crippen molar-refractivity contribution in [2.75, 3.05) is 25.5 Å². The van der Waals surface area contributed by atoms with Crippen molar-refractivity contribution < 1.29 is 17.9 Å². The molecular weight excluding hydrogens is 448 g/mol. The summed E-state index contributed by atoms with van der Waals surface area (Å²) in [4.78, 5) is 13.0. The van der Waals surface area contributed by atoms with E-state index >= 15 is 0 Å². The lowest BCUT2D eigenvalue weighted by molar-refractivity contribution is 0.102. The summed E-state index contributed by atoms with van der Waals surface area (Å²) in [6.07, 6.45) is 2.61. The molecule has 6 nitrogen and oxygen atoms in total. The van der Waals surface area contributed by atoms with Crippen molar-refractivity contribution >= 4 is 21.6 Å². The molecule has 1 heterocycles. The van der Waals surface area contributed by atoms with Gasteiger partial charge in [0.2, 0.25) is 10.0 Å². The Bertz CT molecular complexity index is 1250. The van der Waals surface area contributed by atoms with Gasteiger partial charge in [-0.15, -0.1) is 0 Å². The lowest BCUT2D eigenvalue weighted by atomic mass is 9.91. The Morgan fingerprint density at radius 1 is 1.00 bits per heavy atom. The maximum Gasteiger partial charge on any atom is 0.256 e. The van der Waals surface area contributed by atoms with Crippen LogP contribution in [0.5, 0.6) is 5.75 Å². The number of benzene rings is 3. The summed E-state index contributed by atoms with van der Waals surface area (Å²) in [7, 11) is -2.20. The van der Waals surface area contributed by atoms with Gasteiger partial charge in [0.1, 0.15) is 5.75 Å². The maximum atomic E-state index is 13.4. The van der Waals surface area contributed by atoms with Crippen LogP contribution in [-0.4, -0.2) is 38.8 Å². The number of amides is 1. The van der Waals surface area contributed by atoms with Crippen LogP contribution in [0.4, 0.5) is 5.69 Å². The number of anilines is 1. The van der Waals surface area contributed by atoms with E-state index in [9.17, 15) is 13.2 Å². The lowest BCUT2D eigenvalue weighted by Gasteiger charge is -2.31. The molecule has 0 aromatic heterocycles. The Hall–Kier alpha value is -3.16. The molecule has 1 aliphatic rings. The zero-order valence-electron chi connectivity index (χ0n) is 19.5. The number of ether oxygens (including phenoxy) is 1. The Labute approximate surface area is 201 Å². The van der Waals surface area contributed by atoms with Crippen molar-refractivity contribution in [3.05, 3.63) is 89.5 Å². The molecule has 0 unspecified atom stereocenters. The third-order valence-corrected chi connectivity index (χ3v) is 8.28. The van der Waals surface area contributed by atoms with Crippen LogP contribution in [0.15, 0.2) is 77.7 Å². The number of sulfonamides is 1. The summed E-state index contributed by atoms with van der Waals surface area (Å²) in [5.74, 6) is 0.559. The molecule has 0 spiro atoms. The number of nitrogens with zero attached hydrogens (tertiary/aromatic N) is 1. The van der Waals surface area contributed by atoms with Crippen molar-refractivity contribution in [3.8, 4) is 5.75 Å². The van der Waals surface area contributed by atoms with E-state index in [1.165, 1.54) is 24.8 Å². The zero-order chi connectivity index (χ0) is 24.1. The largest absolute Gasteiger partial charge is 0.495 e. The van der Waals surface area contributed by atoms with Crippen molar-refractivity contribution in [1.29, 1.82) is 0 Å². The average Bonchev–Trinajstić information content (AvgIpc) is 2.85. The van der Waals surface area contributed by atoms with Gasteiger partial charge in [0, 0.05) is 18.7 Å². The highest BCUT2D eigenvalue weighted by Gasteiger charge is 2.30. The second-order valence-electron chi connectivity index (χ2n) is 8.67. The van der Waals surface area contributed by atoms with Crippen LogP contribution in [-0.2, 0) is 16.4 Å². The quantitative estimate of drug-likeness (QED) is 0.524. The minimum atomic E-state index is -3.69. The number of nitrogens with one attached hydrogen (secondary N) is 1.